The van der Waals surface area contributed by atoms with Gasteiger partial charge in [-0.2, -0.15) is 0 Å². The van der Waals surface area contributed by atoms with Crippen LogP contribution in [0.1, 0.15) is 12.5 Å². The van der Waals surface area contributed by atoms with Gasteiger partial charge in [-0.3, -0.25) is 0 Å². The molecule has 0 aliphatic carbocycles. The molecule has 0 saturated carbocycles. The van der Waals surface area contributed by atoms with Gasteiger partial charge in [0.05, 0.1) is 0 Å². The Balaban J connectivity index is 2.66. The smallest absolute Gasteiger partial charge is 0.132 e. The fraction of sp³-hybridized carbons (Fsp3) is 0.222. The van der Waals surface area contributed by atoms with Gasteiger partial charge in [-0.15, -0.1) is 0 Å². The number of hydrogen-bond acceptors (Lipinski definition) is 1. The van der Waals surface area contributed by atoms with Crippen LogP contribution in [0.25, 0.3) is 0 Å². The molecule has 1 radical (unpaired) electrons. The molecule has 0 fully saturated rings. The Hall–Kier alpha value is -0.500. The monoisotopic (exact) mass is 213 g/mol. The second kappa shape index (κ2) is 4.39. The number of benzene rings is 1. The molecule has 0 unspecified atom stereocenters. The van der Waals surface area contributed by atoms with Gasteiger partial charge in [0.15, 0.2) is 0 Å². The highest BCUT2D eigenvalue weighted by molar-refractivity contribution is 9.08. The fourth-order valence-corrected chi connectivity index (χ4v) is 1.17. The Morgan fingerprint density at radius 3 is 2.45 bits per heavy atom. The van der Waals surface area contributed by atoms with Crippen LogP contribution in [0, 0.1) is 6.61 Å². The molecule has 2 heteroatoms. The van der Waals surface area contributed by atoms with Gasteiger partial charge in [-0.25, -0.2) is 0 Å². The van der Waals surface area contributed by atoms with E-state index in [4.69, 9.17) is 4.74 Å². The third-order valence-electron chi connectivity index (χ3n) is 1.33. The van der Waals surface area contributed by atoms with E-state index in [-0.39, 0.29) is 0 Å². The molecule has 0 aliphatic rings. The summed E-state index contributed by atoms with van der Waals surface area (Å²) in [6.45, 7) is 3.53. The largest absolute Gasteiger partial charge is 0.487 e. The van der Waals surface area contributed by atoms with Crippen LogP contribution in [0.3, 0.4) is 0 Å². The van der Waals surface area contributed by atoms with Crippen LogP contribution in [0.15, 0.2) is 24.3 Å². The van der Waals surface area contributed by atoms with Gasteiger partial charge in [0.2, 0.25) is 0 Å². The zero-order valence-corrected chi connectivity index (χ0v) is 7.97. The van der Waals surface area contributed by atoms with E-state index in [1.807, 2.05) is 31.2 Å². The maximum Gasteiger partial charge on any atom is 0.132 e. The third kappa shape index (κ3) is 2.54. The highest BCUT2D eigenvalue weighted by Crippen LogP contribution is 2.14. The average Bonchev–Trinajstić information content (AvgIpc) is 2.07. The van der Waals surface area contributed by atoms with Crippen LogP contribution in [0.5, 0.6) is 5.75 Å². The molecule has 1 aromatic rings. The fourth-order valence-electron chi connectivity index (χ4n) is 0.793. The number of hydrogen-bond donors (Lipinski definition) is 0. The van der Waals surface area contributed by atoms with E-state index in [1.54, 1.807) is 6.61 Å². The van der Waals surface area contributed by atoms with E-state index in [1.165, 1.54) is 5.56 Å². The van der Waals surface area contributed by atoms with Crippen molar-refractivity contribution in [2.24, 2.45) is 0 Å². The standard InChI is InChI=1S/C9H10BrO/c1-2-11-9-5-3-8(7-10)4-6-9/h2-6H,7H2,1H3. The highest BCUT2D eigenvalue weighted by atomic mass is 79.9. The molecule has 0 bridgehead atoms. The van der Waals surface area contributed by atoms with Crippen molar-refractivity contribution in [3.63, 3.8) is 0 Å². The van der Waals surface area contributed by atoms with Crippen molar-refractivity contribution >= 4 is 15.9 Å². The normalized spacial score (nSPS) is 9.64. The molecule has 0 aliphatic heterocycles. The molecular weight excluding hydrogens is 204 g/mol. The maximum atomic E-state index is 5.17. The third-order valence-corrected chi connectivity index (χ3v) is 1.98. The van der Waals surface area contributed by atoms with E-state index in [0.717, 1.165) is 11.1 Å². The van der Waals surface area contributed by atoms with Crippen molar-refractivity contribution in [1.82, 2.24) is 0 Å². The summed E-state index contributed by atoms with van der Waals surface area (Å²) in [7, 11) is 0. The van der Waals surface area contributed by atoms with Gasteiger partial charge in [0, 0.05) is 5.33 Å². The van der Waals surface area contributed by atoms with Gasteiger partial charge in [-0.1, -0.05) is 28.1 Å². The van der Waals surface area contributed by atoms with Crippen molar-refractivity contribution in [1.29, 1.82) is 0 Å². The molecule has 1 nitrogen and oxygen atoms in total. The van der Waals surface area contributed by atoms with Gasteiger partial charge in [0.1, 0.15) is 12.4 Å². The summed E-state index contributed by atoms with van der Waals surface area (Å²) in [4.78, 5) is 0. The van der Waals surface area contributed by atoms with Crippen LogP contribution >= 0.6 is 15.9 Å². The van der Waals surface area contributed by atoms with E-state index in [9.17, 15) is 0 Å². The zero-order valence-electron chi connectivity index (χ0n) is 6.38. The summed E-state index contributed by atoms with van der Waals surface area (Å²) in [5.41, 5.74) is 1.26. The Labute approximate surface area is 75.5 Å². The summed E-state index contributed by atoms with van der Waals surface area (Å²) in [5.74, 6) is 0.886. The highest BCUT2D eigenvalue weighted by Gasteiger charge is 1.91. The lowest BCUT2D eigenvalue weighted by molar-refractivity contribution is 0.416. The molecule has 1 rings (SSSR count). The Morgan fingerprint density at radius 1 is 1.36 bits per heavy atom. The van der Waals surface area contributed by atoms with Crippen LogP contribution in [0.4, 0.5) is 0 Å². The van der Waals surface area contributed by atoms with Crippen LogP contribution in [-0.4, -0.2) is 0 Å². The Kier molecular flexibility index (Phi) is 3.43. The van der Waals surface area contributed by atoms with Crippen molar-refractivity contribution in [2.75, 3.05) is 0 Å². The number of alkyl halides is 1. The van der Waals surface area contributed by atoms with E-state index >= 15 is 0 Å². The molecule has 0 aromatic heterocycles. The van der Waals surface area contributed by atoms with Crippen LogP contribution < -0.4 is 4.74 Å². The van der Waals surface area contributed by atoms with E-state index < -0.39 is 0 Å². The molecule has 0 amide bonds. The lowest BCUT2D eigenvalue weighted by Gasteiger charge is -2.01. The second-order valence-electron chi connectivity index (χ2n) is 2.13. The second-order valence-corrected chi connectivity index (χ2v) is 2.69. The lowest BCUT2D eigenvalue weighted by atomic mass is 10.2. The van der Waals surface area contributed by atoms with E-state index in [0.29, 0.717) is 0 Å². The van der Waals surface area contributed by atoms with Crippen molar-refractivity contribution in [3.05, 3.63) is 36.4 Å². The summed E-state index contributed by atoms with van der Waals surface area (Å²) < 4.78 is 5.17. The van der Waals surface area contributed by atoms with Crippen molar-refractivity contribution in [3.8, 4) is 5.75 Å². The van der Waals surface area contributed by atoms with Gasteiger partial charge < -0.3 is 4.74 Å². The molecule has 0 heterocycles. The van der Waals surface area contributed by atoms with Gasteiger partial charge >= 0.3 is 0 Å². The first-order valence-electron chi connectivity index (χ1n) is 3.46. The zero-order chi connectivity index (χ0) is 8.10. The Bertz CT molecular complexity index is 205. The van der Waals surface area contributed by atoms with E-state index in [2.05, 4.69) is 15.9 Å². The molecule has 11 heavy (non-hydrogen) atoms. The first kappa shape index (κ1) is 8.60. The molecule has 0 saturated heterocycles. The SMILES string of the molecule is C[CH]Oc1ccc(CBr)cc1. The number of ether oxygens (including phenoxy) is 1. The van der Waals surface area contributed by atoms with Gasteiger partial charge in [-0.05, 0) is 24.6 Å². The molecule has 0 spiro atoms. The minimum Gasteiger partial charge on any atom is -0.487 e. The molecule has 0 N–H and O–H groups in total. The molecule has 59 valence electrons. The van der Waals surface area contributed by atoms with Gasteiger partial charge in [0.25, 0.3) is 0 Å². The molecule has 0 atom stereocenters. The topological polar surface area (TPSA) is 9.23 Å². The lowest BCUT2D eigenvalue weighted by Crippen LogP contribution is -1.85. The van der Waals surface area contributed by atoms with Crippen molar-refractivity contribution in [2.45, 2.75) is 12.3 Å². The minimum atomic E-state index is 0.886. The average molecular weight is 214 g/mol. The Morgan fingerprint density at radius 2 is 2.00 bits per heavy atom. The minimum absolute atomic E-state index is 0.886. The molecular formula is C9H10BrO. The van der Waals surface area contributed by atoms with Crippen LogP contribution in [0.2, 0.25) is 0 Å². The summed E-state index contributed by atoms with van der Waals surface area (Å²) >= 11 is 3.37. The van der Waals surface area contributed by atoms with Crippen LogP contribution in [-0.2, 0) is 5.33 Å². The quantitative estimate of drug-likeness (QED) is 0.702. The summed E-state index contributed by atoms with van der Waals surface area (Å²) in [6.07, 6.45) is 0. The maximum absolute atomic E-state index is 5.17. The summed E-state index contributed by atoms with van der Waals surface area (Å²) in [5, 5.41) is 0.892. The first-order chi connectivity index (χ1) is 5.36. The number of halogens is 1. The first-order valence-corrected chi connectivity index (χ1v) is 4.58. The predicted octanol–water partition coefficient (Wildman–Crippen LogP) is 3.14. The van der Waals surface area contributed by atoms with Crippen molar-refractivity contribution < 1.29 is 4.74 Å². The number of rotatable bonds is 3. The molecule has 1 aromatic carbocycles. The summed E-state index contributed by atoms with van der Waals surface area (Å²) in [6, 6.07) is 7.98. The predicted molar refractivity (Wildman–Crippen MR) is 49.7 cm³/mol.